The number of benzene rings is 2. The molecule has 120 valence electrons. The molecule has 0 fully saturated rings. The van der Waals surface area contributed by atoms with Crippen LogP contribution in [0.4, 0.5) is 0 Å². The van der Waals surface area contributed by atoms with Crippen LogP contribution in [0.1, 0.15) is 22.8 Å². The van der Waals surface area contributed by atoms with Crippen LogP contribution in [0.3, 0.4) is 0 Å². The zero-order chi connectivity index (χ0) is 16.9. The Balaban J connectivity index is 1.68. The summed E-state index contributed by atoms with van der Waals surface area (Å²) in [6.07, 6.45) is 1.48. The Morgan fingerprint density at radius 2 is 1.75 bits per heavy atom. The predicted octanol–water partition coefficient (Wildman–Crippen LogP) is 2.47. The molecule has 0 spiro atoms. The second-order valence-corrected chi connectivity index (χ2v) is 5.38. The van der Waals surface area contributed by atoms with Crippen LogP contribution in [-0.4, -0.2) is 31.8 Å². The van der Waals surface area contributed by atoms with Crippen molar-refractivity contribution in [3.05, 3.63) is 71.0 Å². The SMILES string of the molecule is CC(=NNC(=O)c1ccc(-n2cnnn2)cc1)c1ccc(Cl)cc1. The molecule has 0 bridgehead atoms. The number of carbonyl (C=O) groups excluding carboxylic acids is 1. The zero-order valence-corrected chi connectivity index (χ0v) is 13.5. The molecule has 8 heteroatoms. The van der Waals surface area contributed by atoms with Crippen molar-refractivity contribution in [1.29, 1.82) is 0 Å². The van der Waals surface area contributed by atoms with E-state index in [4.69, 9.17) is 11.6 Å². The Morgan fingerprint density at radius 1 is 1.08 bits per heavy atom. The number of tetrazole rings is 1. The number of aromatic nitrogens is 4. The van der Waals surface area contributed by atoms with Gasteiger partial charge in [0, 0.05) is 10.6 Å². The van der Waals surface area contributed by atoms with Gasteiger partial charge >= 0.3 is 0 Å². The number of halogens is 1. The molecule has 24 heavy (non-hydrogen) atoms. The highest BCUT2D eigenvalue weighted by molar-refractivity contribution is 6.30. The largest absolute Gasteiger partial charge is 0.271 e. The Kier molecular flexibility index (Phi) is 4.62. The lowest BCUT2D eigenvalue weighted by Gasteiger charge is -2.04. The number of rotatable bonds is 4. The molecule has 3 aromatic rings. The fraction of sp³-hybridized carbons (Fsp3) is 0.0625. The van der Waals surface area contributed by atoms with E-state index in [0.717, 1.165) is 11.3 Å². The van der Waals surface area contributed by atoms with Gasteiger partial charge in [0.2, 0.25) is 0 Å². The van der Waals surface area contributed by atoms with Crippen LogP contribution in [0, 0.1) is 0 Å². The van der Waals surface area contributed by atoms with E-state index in [1.165, 1.54) is 11.0 Å². The summed E-state index contributed by atoms with van der Waals surface area (Å²) in [4.78, 5) is 12.1. The molecular formula is C16H13ClN6O. The minimum Gasteiger partial charge on any atom is -0.267 e. The molecule has 0 aliphatic rings. The number of nitrogens with one attached hydrogen (secondary N) is 1. The maximum atomic E-state index is 12.1. The molecule has 7 nitrogen and oxygen atoms in total. The van der Waals surface area contributed by atoms with Gasteiger partial charge in [0.05, 0.1) is 11.4 Å². The Labute approximate surface area is 143 Å². The van der Waals surface area contributed by atoms with Gasteiger partial charge in [-0.2, -0.15) is 5.10 Å². The molecule has 0 unspecified atom stereocenters. The molecule has 0 saturated carbocycles. The van der Waals surface area contributed by atoms with E-state index in [2.05, 4.69) is 26.1 Å². The molecule has 0 aliphatic heterocycles. The number of hydrazone groups is 1. The second kappa shape index (κ2) is 7.01. The highest BCUT2D eigenvalue weighted by Gasteiger charge is 2.06. The molecule has 1 N–H and O–H groups in total. The molecule has 3 rings (SSSR count). The van der Waals surface area contributed by atoms with Crippen molar-refractivity contribution >= 4 is 23.2 Å². The van der Waals surface area contributed by atoms with Crippen molar-refractivity contribution in [2.24, 2.45) is 5.10 Å². The summed E-state index contributed by atoms with van der Waals surface area (Å²) in [5, 5.41) is 15.7. The van der Waals surface area contributed by atoms with Crippen molar-refractivity contribution in [3.8, 4) is 5.69 Å². The molecular weight excluding hydrogens is 328 g/mol. The van der Waals surface area contributed by atoms with E-state index in [1.807, 2.05) is 19.1 Å². The van der Waals surface area contributed by atoms with Crippen LogP contribution in [0.15, 0.2) is 60.0 Å². The van der Waals surface area contributed by atoms with Crippen LogP contribution in [0.2, 0.25) is 5.02 Å². The second-order valence-electron chi connectivity index (χ2n) is 4.95. The molecule has 0 atom stereocenters. The molecule has 1 aromatic heterocycles. The first-order chi connectivity index (χ1) is 11.6. The van der Waals surface area contributed by atoms with Crippen LogP contribution in [0.5, 0.6) is 0 Å². The van der Waals surface area contributed by atoms with Gasteiger partial charge in [-0.3, -0.25) is 4.79 Å². The zero-order valence-electron chi connectivity index (χ0n) is 12.7. The topological polar surface area (TPSA) is 85.1 Å². The van der Waals surface area contributed by atoms with E-state index < -0.39 is 0 Å². The number of amides is 1. The third kappa shape index (κ3) is 3.64. The van der Waals surface area contributed by atoms with Crippen molar-refractivity contribution in [3.63, 3.8) is 0 Å². The minimum atomic E-state index is -0.299. The summed E-state index contributed by atoms with van der Waals surface area (Å²) in [7, 11) is 0. The quantitative estimate of drug-likeness (QED) is 0.584. The lowest BCUT2D eigenvalue weighted by molar-refractivity contribution is 0.0955. The van der Waals surface area contributed by atoms with E-state index >= 15 is 0 Å². The fourth-order valence-corrected chi connectivity index (χ4v) is 2.13. The Hall–Kier alpha value is -3.06. The van der Waals surface area contributed by atoms with Gasteiger partial charge in [-0.05, 0) is 59.3 Å². The van der Waals surface area contributed by atoms with E-state index in [0.29, 0.717) is 16.3 Å². The van der Waals surface area contributed by atoms with Gasteiger partial charge in [0.1, 0.15) is 6.33 Å². The van der Waals surface area contributed by atoms with Crippen LogP contribution in [0.25, 0.3) is 5.69 Å². The molecule has 2 aromatic carbocycles. The number of hydrogen-bond donors (Lipinski definition) is 1. The third-order valence-corrected chi connectivity index (χ3v) is 3.58. The third-order valence-electron chi connectivity index (χ3n) is 3.33. The minimum absolute atomic E-state index is 0.299. The summed E-state index contributed by atoms with van der Waals surface area (Å²) >= 11 is 5.85. The summed E-state index contributed by atoms with van der Waals surface area (Å²) in [5.74, 6) is -0.299. The standard InChI is InChI=1S/C16H13ClN6O/c1-11(12-2-6-14(17)7-3-12)19-20-16(24)13-4-8-15(9-5-13)23-10-18-21-22-23/h2-10H,1H3,(H,20,24). The van der Waals surface area contributed by atoms with Gasteiger partial charge in [-0.1, -0.05) is 23.7 Å². The maximum Gasteiger partial charge on any atom is 0.271 e. The van der Waals surface area contributed by atoms with Gasteiger partial charge in [0.25, 0.3) is 5.91 Å². The molecule has 0 radical (unpaired) electrons. The van der Waals surface area contributed by atoms with Gasteiger partial charge < -0.3 is 0 Å². The van der Waals surface area contributed by atoms with Gasteiger partial charge in [-0.15, -0.1) is 5.10 Å². The Morgan fingerprint density at radius 3 is 2.38 bits per heavy atom. The molecule has 0 saturated heterocycles. The molecule has 1 amide bonds. The van der Waals surface area contributed by atoms with E-state index in [-0.39, 0.29) is 5.91 Å². The monoisotopic (exact) mass is 340 g/mol. The van der Waals surface area contributed by atoms with Crippen LogP contribution < -0.4 is 5.43 Å². The van der Waals surface area contributed by atoms with Crippen molar-refractivity contribution in [1.82, 2.24) is 25.6 Å². The normalized spacial score (nSPS) is 11.3. The van der Waals surface area contributed by atoms with Crippen molar-refractivity contribution in [2.45, 2.75) is 6.92 Å². The van der Waals surface area contributed by atoms with E-state index in [1.54, 1.807) is 36.4 Å². The lowest BCUT2D eigenvalue weighted by Crippen LogP contribution is -2.19. The van der Waals surface area contributed by atoms with Crippen LogP contribution >= 0.6 is 11.6 Å². The van der Waals surface area contributed by atoms with Crippen molar-refractivity contribution < 1.29 is 4.79 Å². The smallest absolute Gasteiger partial charge is 0.267 e. The van der Waals surface area contributed by atoms with Crippen molar-refractivity contribution in [2.75, 3.05) is 0 Å². The average molecular weight is 341 g/mol. The maximum absolute atomic E-state index is 12.1. The fourth-order valence-electron chi connectivity index (χ4n) is 2.00. The van der Waals surface area contributed by atoms with E-state index in [9.17, 15) is 4.79 Å². The van der Waals surface area contributed by atoms with Crippen LogP contribution in [-0.2, 0) is 0 Å². The number of nitrogens with zero attached hydrogens (tertiary/aromatic N) is 5. The Bertz CT molecular complexity index is 857. The highest BCUT2D eigenvalue weighted by atomic mass is 35.5. The predicted molar refractivity (Wildman–Crippen MR) is 90.3 cm³/mol. The first-order valence-corrected chi connectivity index (χ1v) is 7.45. The molecule has 1 heterocycles. The highest BCUT2D eigenvalue weighted by Crippen LogP contribution is 2.10. The number of hydrogen-bond acceptors (Lipinski definition) is 5. The first kappa shape index (κ1) is 15.8. The summed E-state index contributed by atoms with van der Waals surface area (Å²) in [6, 6.07) is 14.1. The number of carbonyl (C=O) groups is 1. The summed E-state index contributed by atoms with van der Waals surface area (Å²) in [6.45, 7) is 1.81. The summed E-state index contributed by atoms with van der Waals surface area (Å²) < 4.78 is 1.50. The first-order valence-electron chi connectivity index (χ1n) is 7.07. The van der Waals surface area contributed by atoms with Gasteiger partial charge in [-0.25, -0.2) is 10.1 Å². The lowest BCUT2D eigenvalue weighted by atomic mass is 10.1. The average Bonchev–Trinajstić information content (AvgIpc) is 3.15. The molecule has 0 aliphatic carbocycles. The summed E-state index contributed by atoms with van der Waals surface area (Å²) in [5.41, 5.74) is 5.35. The van der Waals surface area contributed by atoms with Gasteiger partial charge in [0.15, 0.2) is 0 Å².